The maximum absolute atomic E-state index is 10.4. The van der Waals surface area contributed by atoms with Gasteiger partial charge in [-0.25, -0.2) is 4.79 Å². The van der Waals surface area contributed by atoms with Crippen LogP contribution in [0.2, 0.25) is 0 Å². The summed E-state index contributed by atoms with van der Waals surface area (Å²) in [5, 5.41) is 10.9. The molecule has 2 N–H and O–H groups in total. The zero-order valence-corrected chi connectivity index (χ0v) is 11.0. The Balaban J connectivity index is 2.56. The molecule has 1 unspecified atom stereocenters. The first-order valence-electron chi connectivity index (χ1n) is 5.67. The predicted molar refractivity (Wildman–Crippen MR) is 65.8 cm³/mol. The summed E-state index contributed by atoms with van der Waals surface area (Å²) in [6.45, 7) is 9.63. The summed E-state index contributed by atoms with van der Waals surface area (Å²) in [7, 11) is -0.432. The van der Waals surface area contributed by atoms with Crippen LogP contribution in [0.5, 0.6) is 0 Å². The second kappa shape index (κ2) is 4.70. The first-order valence-corrected chi connectivity index (χ1v) is 5.67. The van der Waals surface area contributed by atoms with E-state index in [9.17, 15) is 4.79 Å². The highest BCUT2D eigenvalue weighted by Gasteiger charge is 2.49. The summed E-state index contributed by atoms with van der Waals surface area (Å²) in [6.07, 6.45) is 0.673. The molecule has 6 heteroatoms. The zero-order chi connectivity index (χ0) is 13.3. The van der Waals surface area contributed by atoms with E-state index in [-0.39, 0.29) is 17.2 Å². The molecule has 0 spiro atoms. The molecule has 1 saturated heterocycles. The van der Waals surface area contributed by atoms with E-state index in [4.69, 9.17) is 14.4 Å². The van der Waals surface area contributed by atoms with Gasteiger partial charge < -0.3 is 19.7 Å². The van der Waals surface area contributed by atoms with Gasteiger partial charge in [0, 0.05) is 6.04 Å². The van der Waals surface area contributed by atoms with Gasteiger partial charge >= 0.3 is 13.2 Å². The zero-order valence-electron chi connectivity index (χ0n) is 11.0. The second-order valence-corrected chi connectivity index (χ2v) is 5.25. The van der Waals surface area contributed by atoms with E-state index in [0.29, 0.717) is 0 Å². The molecule has 1 aliphatic rings. The number of carboxylic acid groups (broad SMARTS) is 1. The van der Waals surface area contributed by atoms with Gasteiger partial charge in [-0.05, 0) is 34.6 Å². The van der Waals surface area contributed by atoms with Crippen LogP contribution < -0.4 is 5.32 Å². The molecule has 96 valence electrons. The molecule has 0 aromatic rings. The summed E-state index contributed by atoms with van der Waals surface area (Å²) in [6, 6.07) is -0.272. The molecule has 1 heterocycles. The van der Waals surface area contributed by atoms with Gasteiger partial charge in [0.05, 0.1) is 11.2 Å². The van der Waals surface area contributed by atoms with Crippen molar-refractivity contribution in [1.82, 2.24) is 5.32 Å². The highest BCUT2D eigenvalue weighted by molar-refractivity contribution is 6.51. The molecule has 0 bridgehead atoms. The van der Waals surface area contributed by atoms with Crippen molar-refractivity contribution in [3.05, 3.63) is 12.1 Å². The van der Waals surface area contributed by atoms with Crippen LogP contribution in [-0.2, 0) is 9.31 Å². The topological polar surface area (TPSA) is 67.8 Å². The van der Waals surface area contributed by atoms with Gasteiger partial charge in [0.25, 0.3) is 0 Å². The van der Waals surface area contributed by atoms with Crippen molar-refractivity contribution in [2.24, 2.45) is 0 Å². The quantitative estimate of drug-likeness (QED) is 0.739. The predicted octanol–water partition coefficient (Wildman–Crippen LogP) is 1.83. The highest BCUT2D eigenvalue weighted by Crippen LogP contribution is 2.36. The minimum absolute atomic E-state index is 0.272. The standard InChI is InChI=1S/C11H20BNO4/c1-8(13-9(14)15)6-7-12-16-10(2,3)11(4,5)17-12/h6-8,13H,1-5H3,(H,14,15). The normalized spacial score (nSPS) is 23.9. The van der Waals surface area contributed by atoms with E-state index >= 15 is 0 Å². The Labute approximate surface area is 102 Å². The fourth-order valence-corrected chi connectivity index (χ4v) is 1.47. The molecule has 1 atom stereocenters. The van der Waals surface area contributed by atoms with Crippen molar-refractivity contribution < 1.29 is 19.2 Å². The van der Waals surface area contributed by atoms with Crippen molar-refractivity contribution >= 4 is 13.2 Å². The maximum atomic E-state index is 10.4. The Kier molecular flexibility index (Phi) is 3.89. The lowest BCUT2D eigenvalue weighted by molar-refractivity contribution is 0.00578. The van der Waals surface area contributed by atoms with Crippen LogP contribution in [0, 0.1) is 0 Å². The molecular weight excluding hydrogens is 221 g/mol. The third-order valence-corrected chi connectivity index (χ3v) is 3.18. The third-order valence-electron chi connectivity index (χ3n) is 3.18. The minimum Gasteiger partial charge on any atom is -0.465 e. The monoisotopic (exact) mass is 241 g/mol. The van der Waals surface area contributed by atoms with E-state index in [1.165, 1.54) is 0 Å². The lowest BCUT2D eigenvalue weighted by Crippen LogP contribution is -2.41. The molecule has 0 aliphatic carbocycles. The molecule has 1 amide bonds. The minimum atomic E-state index is -1.05. The van der Waals surface area contributed by atoms with Crippen LogP contribution in [0.15, 0.2) is 12.1 Å². The Morgan fingerprint density at radius 2 is 1.76 bits per heavy atom. The van der Waals surface area contributed by atoms with Gasteiger partial charge in [-0.2, -0.15) is 0 Å². The molecule has 0 aromatic carbocycles. The molecule has 17 heavy (non-hydrogen) atoms. The number of carbonyl (C=O) groups is 1. The Morgan fingerprint density at radius 3 is 2.18 bits per heavy atom. The number of hydrogen-bond donors (Lipinski definition) is 2. The summed E-state index contributed by atoms with van der Waals surface area (Å²) in [5.41, 5.74) is -0.739. The van der Waals surface area contributed by atoms with Crippen molar-refractivity contribution in [1.29, 1.82) is 0 Å². The fraction of sp³-hybridized carbons (Fsp3) is 0.727. The van der Waals surface area contributed by atoms with Gasteiger partial charge in [-0.3, -0.25) is 0 Å². The molecule has 1 fully saturated rings. The van der Waals surface area contributed by atoms with E-state index in [1.54, 1.807) is 19.0 Å². The lowest BCUT2D eigenvalue weighted by Gasteiger charge is -2.32. The van der Waals surface area contributed by atoms with Crippen molar-refractivity contribution in [2.45, 2.75) is 51.9 Å². The third kappa shape index (κ3) is 3.47. The average molecular weight is 241 g/mol. The molecule has 0 radical (unpaired) electrons. The Bertz CT molecular complexity index is 311. The van der Waals surface area contributed by atoms with Crippen molar-refractivity contribution in [2.75, 3.05) is 0 Å². The summed E-state index contributed by atoms with van der Waals surface area (Å²) >= 11 is 0. The fourth-order valence-electron chi connectivity index (χ4n) is 1.47. The molecular formula is C11H20BNO4. The molecule has 1 aliphatic heterocycles. The summed E-state index contributed by atoms with van der Waals surface area (Å²) in [4.78, 5) is 10.4. The van der Waals surface area contributed by atoms with Crippen molar-refractivity contribution in [3.63, 3.8) is 0 Å². The summed E-state index contributed by atoms with van der Waals surface area (Å²) in [5.74, 6) is 1.73. The number of hydrogen-bond acceptors (Lipinski definition) is 3. The van der Waals surface area contributed by atoms with Gasteiger partial charge in [0.1, 0.15) is 0 Å². The molecule has 5 nitrogen and oxygen atoms in total. The average Bonchev–Trinajstić information content (AvgIpc) is 2.31. The Morgan fingerprint density at radius 1 is 1.29 bits per heavy atom. The van der Waals surface area contributed by atoms with E-state index in [2.05, 4.69) is 5.32 Å². The number of rotatable bonds is 3. The van der Waals surface area contributed by atoms with E-state index in [1.807, 2.05) is 27.7 Å². The Hall–Kier alpha value is -1.01. The van der Waals surface area contributed by atoms with Gasteiger partial charge in [0.2, 0.25) is 0 Å². The largest absolute Gasteiger partial charge is 0.486 e. The van der Waals surface area contributed by atoms with Crippen LogP contribution in [0.3, 0.4) is 0 Å². The number of amides is 1. The van der Waals surface area contributed by atoms with Crippen LogP contribution >= 0.6 is 0 Å². The van der Waals surface area contributed by atoms with Crippen LogP contribution in [-0.4, -0.2) is 35.6 Å². The first-order chi connectivity index (χ1) is 7.64. The number of nitrogens with one attached hydrogen (secondary N) is 1. The molecule has 0 aromatic heterocycles. The van der Waals surface area contributed by atoms with Crippen LogP contribution in [0.1, 0.15) is 34.6 Å². The molecule has 0 saturated carbocycles. The smallest absolute Gasteiger partial charge is 0.465 e. The SMILES string of the molecule is CC(C=CB1OC(C)(C)C(C)(C)O1)NC(=O)O. The maximum Gasteiger partial charge on any atom is 0.486 e. The van der Waals surface area contributed by atoms with Gasteiger partial charge in [-0.15, -0.1) is 0 Å². The molecule has 1 rings (SSSR count). The lowest BCUT2D eigenvalue weighted by atomic mass is 9.89. The highest BCUT2D eigenvalue weighted by atomic mass is 16.7. The van der Waals surface area contributed by atoms with Gasteiger partial charge in [0.15, 0.2) is 0 Å². The van der Waals surface area contributed by atoms with Gasteiger partial charge in [-0.1, -0.05) is 12.1 Å². The van der Waals surface area contributed by atoms with E-state index < -0.39 is 13.2 Å². The second-order valence-electron chi connectivity index (χ2n) is 5.25. The van der Waals surface area contributed by atoms with Crippen LogP contribution in [0.4, 0.5) is 4.79 Å². The van der Waals surface area contributed by atoms with Crippen molar-refractivity contribution in [3.8, 4) is 0 Å². The van der Waals surface area contributed by atoms with E-state index in [0.717, 1.165) is 0 Å². The van der Waals surface area contributed by atoms with Crippen LogP contribution in [0.25, 0.3) is 0 Å². The first kappa shape index (κ1) is 14.1. The summed E-state index contributed by atoms with van der Waals surface area (Å²) < 4.78 is 11.5.